The van der Waals surface area contributed by atoms with Crippen LogP contribution in [-0.2, 0) is 10.8 Å². The van der Waals surface area contributed by atoms with Crippen molar-refractivity contribution in [2.24, 2.45) is 0 Å². The zero-order valence-electron chi connectivity index (χ0n) is 36.4. The van der Waals surface area contributed by atoms with Gasteiger partial charge in [0.05, 0.1) is 0 Å². The summed E-state index contributed by atoms with van der Waals surface area (Å²) in [5.74, 6) is 1.61. The van der Waals surface area contributed by atoms with Crippen LogP contribution in [0, 0.1) is 0 Å². The number of benzene rings is 8. The second-order valence-electron chi connectivity index (χ2n) is 18.0. The van der Waals surface area contributed by atoms with Gasteiger partial charge in [0.1, 0.15) is 0 Å². The molecule has 0 bridgehead atoms. The van der Waals surface area contributed by atoms with Crippen molar-refractivity contribution < 1.29 is 0 Å². The molecule has 0 amide bonds. The molecule has 9 rings (SSSR count). The summed E-state index contributed by atoms with van der Waals surface area (Å²) in [5, 5.41) is 9.43. The molecule has 0 saturated carbocycles. The SMILES string of the molecule is CC(C)(C)c1ccc(N(c2ccc(-c3ccccc3-c3ccccc3-c3ccc(-c4nnc(-c5ccccc5)n4-c4ccccc4)cc3)cc2)c2ccc(C(C)(C)C)cc2)cc1. The highest BCUT2D eigenvalue weighted by molar-refractivity contribution is 5.92. The maximum absolute atomic E-state index is 4.74. The Hall–Kier alpha value is -7.30. The molecule has 0 aliphatic carbocycles. The van der Waals surface area contributed by atoms with Crippen LogP contribution in [0.4, 0.5) is 17.1 Å². The fraction of sp³-hybridized carbons (Fsp3) is 0.138. The molecular formula is C58H52N4. The summed E-state index contributed by atoms with van der Waals surface area (Å²) in [6.45, 7) is 13.6. The fourth-order valence-electron chi connectivity index (χ4n) is 8.26. The Bertz CT molecular complexity index is 2860. The molecule has 0 spiro atoms. The summed E-state index contributed by atoms with van der Waals surface area (Å²) < 4.78 is 2.14. The summed E-state index contributed by atoms with van der Waals surface area (Å²) in [4.78, 5) is 2.36. The van der Waals surface area contributed by atoms with Gasteiger partial charge in [-0.05, 0) is 104 Å². The first kappa shape index (κ1) is 40.1. The first-order chi connectivity index (χ1) is 30.0. The fourth-order valence-corrected chi connectivity index (χ4v) is 8.26. The average Bonchev–Trinajstić information content (AvgIpc) is 3.75. The van der Waals surface area contributed by atoms with E-state index >= 15 is 0 Å². The van der Waals surface area contributed by atoms with Crippen LogP contribution in [0.3, 0.4) is 0 Å². The lowest BCUT2D eigenvalue weighted by molar-refractivity contribution is 0.590. The molecule has 0 aliphatic rings. The Morgan fingerprint density at radius 2 is 0.645 bits per heavy atom. The third-order valence-electron chi connectivity index (χ3n) is 11.7. The number of para-hydroxylation sites is 1. The number of nitrogens with zero attached hydrogens (tertiary/aromatic N) is 4. The molecule has 0 N–H and O–H groups in total. The van der Waals surface area contributed by atoms with E-state index in [0.29, 0.717) is 0 Å². The van der Waals surface area contributed by atoms with Gasteiger partial charge in [0.15, 0.2) is 11.6 Å². The van der Waals surface area contributed by atoms with E-state index in [0.717, 1.165) is 56.7 Å². The standard InChI is InChI=1S/C58H52N4/c1-57(2,3)45-31-37-49(38-32-45)61(50-39-33-46(34-40-50)58(4,5)6)48-35-29-42(30-36-48)52-22-14-16-24-54(52)53-23-15-13-21-51(53)41-25-27-44(28-26-41)56-60-59-55(43-17-9-7-10-18-43)62(56)47-19-11-8-12-20-47/h7-40H,1-6H3. The predicted molar refractivity (Wildman–Crippen MR) is 261 cm³/mol. The zero-order valence-corrected chi connectivity index (χ0v) is 36.4. The number of hydrogen-bond acceptors (Lipinski definition) is 3. The van der Waals surface area contributed by atoms with E-state index in [-0.39, 0.29) is 10.8 Å². The van der Waals surface area contributed by atoms with E-state index in [9.17, 15) is 0 Å². The van der Waals surface area contributed by atoms with Crippen LogP contribution in [0.25, 0.3) is 61.8 Å². The van der Waals surface area contributed by atoms with E-state index in [2.05, 4.69) is 233 Å². The van der Waals surface area contributed by atoms with Crippen molar-refractivity contribution in [3.63, 3.8) is 0 Å². The smallest absolute Gasteiger partial charge is 0.168 e. The van der Waals surface area contributed by atoms with Gasteiger partial charge < -0.3 is 4.90 Å². The minimum atomic E-state index is 0.0761. The molecule has 4 heteroatoms. The number of anilines is 3. The van der Waals surface area contributed by atoms with Crippen LogP contribution in [-0.4, -0.2) is 14.8 Å². The van der Waals surface area contributed by atoms with Crippen molar-refractivity contribution in [2.75, 3.05) is 4.90 Å². The molecule has 0 aliphatic heterocycles. The van der Waals surface area contributed by atoms with Crippen molar-refractivity contribution in [1.82, 2.24) is 14.8 Å². The Kier molecular flexibility index (Phi) is 10.8. The summed E-state index contributed by atoms with van der Waals surface area (Å²) in [6, 6.07) is 73.9. The first-order valence-corrected chi connectivity index (χ1v) is 21.5. The number of rotatable bonds is 9. The topological polar surface area (TPSA) is 34.0 Å². The monoisotopic (exact) mass is 804 g/mol. The minimum Gasteiger partial charge on any atom is -0.311 e. The molecule has 0 radical (unpaired) electrons. The third kappa shape index (κ3) is 8.12. The molecule has 62 heavy (non-hydrogen) atoms. The van der Waals surface area contributed by atoms with Crippen molar-refractivity contribution in [3.8, 4) is 61.8 Å². The summed E-state index contributed by atoms with van der Waals surface area (Å²) >= 11 is 0. The molecule has 304 valence electrons. The average molecular weight is 805 g/mol. The maximum Gasteiger partial charge on any atom is 0.168 e. The van der Waals surface area contributed by atoms with Gasteiger partial charge in [-0.1, -0.05) is 199 Å². The Labute approximate surface area is 366 Å². The Balaban J connectivity index is 1.06. The summed E-state index contributed by atoms with van der Waals surface area (Å²) in [7, 11) is 0. The van der Waals surface area contributed by atoms with Gasteiger partial charge in [-0.2, -0.15) is 0 Å². The van der Waals surface area contributed by atoms with Crippen molar-refractivity contribution in [2.45, 2.75) is 52.4 Å². The van der Waals surface area contributed by atoms with Crippen LogP contribution >= 0.6 is 0 Å². The van der Waals surface area contributed by atoms with Crippen molar-refractivity contribution in [1.29, 1.82) is 0 Å². The van der Waals surface area contributed by atoms with E-state index in [1.54, 1.807) is 0 Å². The van der Waals surface area contributed by atoms with Crippen LogP contribution in [0.1, 0.15) is 52.7 Å². The molecule has 0 atom stereocenters. The second kappa shape index (κ2) is 16.6. The normalized spacial score (nSPS) is 11.7. The van der Waals surface area contributed by atoms with Gasteiger partial charge in [0, 0.05) is 33.9 Å². The lowest BCUT2D eigenvalue weighted by atomic mass is 9.86. The summed E-state index contributed by atoms with van der Waals surface area (Å²) in [5.41, 5.74) is 16.2. The zero-order chi connectivity index (χ0) is 42.8. The Morgan fingerprint density at radius 1 is 0.323 bits per heavy atom. The lowest BCUT2D eigenvalue weighted by Gasteiger charge is -2.28. The van der Waals surface area contributed by atoms with Gasteiger partial charge in [-0.25, -0.2) is 0 Å². The quantitative estimate of drug-likeness (QED) is 0.146. The molecule has 9 aromatic rings. The first-order valence-electron chi connectivity index (χ1n) is 21.5. The highest BCUT2D eigenvalue weighted by Crippen LogP contribution is 2.42. The molecule has 1 aromatic heterocycles. The highest BCUT2D eigenvalue weighted by Gasteiger charge is 2.21. The molecule has 0 fully saturated rings. The van der Waals surface area contributed by atoms with Crippen LogP contribution in [0.2, 0.25) is 0 Å². The molecule has 8 aromatic carbocycles. The van der Waals surface area contributed by atoms with E-state index in [4.69, 9.17) is 10.2 Å². The van der Waals surface area contributed by atoms with E-state index < -0.39 is 0 Å². The minimum absolute atomic E-state index is 0.0761. The van der Waals surface area contributed by atoms with Crippen molar-refractivity contribution in [3.05, 3.63) is 217 Å². The van der Waals surface area contributed by atoms with Gasteiger partial charge >= 0.3 is 0 Å². The highest BCUT2D eigenvalue weighted by atomic mass is 15.3. The van der Waals surface area contributed by atoms with Gasteiger partial charge in [0.25, 0.3) is 0 Å². The molecule has 1 heterocycles. The van der Waals surface area contributed by atoms with E-state index in [1.165, 1.54) is 33.4 Å². The maximum atomic E-state index is 4.74. The van der Waals surface area contributed by atoms with Crippen LogP contribution < -0.4 is 4.90 Å². The predicted octanol–water partition coefficient (Wildman–Crippen LogP) is 15.7. The molecule has 4 nitrogen and oxygen atoms in total. The van der Waals surface area contributed by atoms with Crippen molar-refractivity contribution >= 4 is 17.1 Å². The van der Waals surface area contributed by atoms with Gasteiger partial charge in [-0.15, -0.1) is 10.2 Å². The van der Waals surface area contributed by atoms with Crippen LogP contribution in [0.15, 0.2) is 206 Å². The van der Waals surface area contributed by atoms with Crippen LogP contribution in [0.5, 0.6) is 0 Å². The van der Waals surface area contributed by atoms with E-state index in [1.807, 2.05) is 24.3 Å². The Morgan fingerprint density at radius 3 is 1.06 bits per heavy atom. The third-order valence-corrected chi connectivity index (χ3v) is 11.7. The van der Waals surface area contributed by atoms with Gasteiger partial charge in [0.2, 0.25) is 0 Å². The number of hydrogen-bond donors (Lipinski definition) is 0. The molecule has 0 unspecified atom stereocenters. The molecule has 0 saturated heterocycles. The summed E-state index contributed by atoms with van der Waals surface area (Å²) in [6.07, 6.45) is 0. The molecular weight excluding hydrogens is 753 g/mol. The number of aromatic nitrogens is 3. The second-order valence-corrected chi connectivity index (χ2v) is 18.0. The largest absolute Gasteiger partial charge is 0.311 e. The van der Waals surface area contributed by atoms with Gasteiger partial charge in [-0.3, -0.25) is 4.57 Å². The lowest BCUT2D eigenvalue weighted by Crippen LogP contribution is -2.14.